The van der Waals surface area contributed by atoms with Gasteiger partial charge >= 0.3 is 0 Å². The van der Waals surface area contributed by atoms with Crippen molar-refractivity contribution in [2.45, 2.75) is 5.03 Å². The molecule has 0 aliphatic carbocycles. The minimum absolute atomic E-state index is 0.0642. The summed E-state index contributed by atoms with van der Waals surface area (Å²) < 4.78 is 32.5. The lowest BCUT2D eigenvalue weighted by Crippen LogP contribution is -2.16. The molecule has 5 aromatic rings. The predicted octanol–water partition coefficient (Wildman–Crippen LogP) is 3.47. The van der Waals surface area contributed by atoms with Crippen LogP contribution in [0.1, 0.15) is 11.3 Å². The van der Waals surface area contributed by atoms with Crippen LogP contribution in [0.5, 0.6) is 0 Å². The van der Waals surface area contributed by atoms with E-state index in [9.17, 15) is 8.42 Å². The van der Waals surface area contributed by atoms with Gasteiger partial charge in [0.05, 0.1) is 29.7 Å². The number of fused-ring (bicyclic) bond motifs is 1. The summed E-state index contributed by atoms with van der Waals surface area (Å²) in [5.74, 6) is 0. The van der Waals surface area contributed by atoms with Crippen molar-refractivity contribution in [3.05, 3.63) is 84.7 Å². The second kappa shape index (κ2) is 8.51. The lowest BCUT2D eigenvalue weighted by molar-refractivity contribution is 0.596. The third-order valence-corrected chi connectivity index (χ3v) is 6.77. The van der Waals surface area contributed by atoms with E-state index in [1.54, 1.807) is 72.9 Å². The Labute approximate surface area is 200 Å². The minimum atomic E-state index is -4.09. The van der Waals surface area contributed by atoms with Gasteiger partial charge in [-0.3, -0.25) is 18.8 Å². The molecule has 11 heteroatoms. The Bertz CT molecular complexity index is 1730. The van der Waals surface area contributed by atoms with Gasteiger partial charge in [0.15, 0.2) is 5.03 Å². The molecule has 0 unspecified atom stereocenters. The number of nitrogens with one attached hydrogen (secondary N) is 2. The number of aromatic nitrogens is 5. The highest BCUT2D eigenvalue weighted by Crippen LogP contribution is 2.27. The Kier molecular flexibility index (Phi) is 5.35. The molecule has 35 heavy (non-hydrogen) atoms. The molecular formula is C24H18N8O2S. The molecule has 1 aromatic carbocycles. The van der Waals surface area contributed by atoms with Gasteiger partial charge in [0, 0.05) is 43.0 Å². The monoisotopic (exact) mass is 482 g/mol. The molecule has 4 aromatic heterocycles. The second-order valence-electron chi connectivity index (χ2n) is 7.74. The van der Waals surface area contributed by atoms with Crippen LogP contribution in [0.2, 0.25) is 0 Å². The van der Waals surface area contributed by atoms with Gasteiger partial charge in [-0.15, -0.1) is 0 Å². The highest BCUT2D eigenvalue weighted by molar-refractivity contribution is 7.92. The second-order valence-corrected chi connectivity index (χ2v) is 9.37. The third-order valence-electron chi connectivity index (χ3n) is 5.43. The van der Waals surface area contributed by atoms with Gasteiger partial charge < -0.3 is 5.41 Å². The number of hydrogen-bond acceptors (Lipinski definition) is 7. The molecular weight excluding hydrogens is 464 g/mol. The highest BCUT2D eigenvalue weighted by atomic mass is 32.2. The summed E-state index contributed by atoms with van der Waals surface area (Å²) in [5, 5.41) is 20.7. The molecule has 2 N–H and O–H groups in total. The molecule has 0 saturated carbocycles. The van der Waals surface area contributed by atoms with Gasteiger partial charge in [-0.05, 0) is 41.5 Å². The van der Waals surface area contributed by atoms with Crippen LogP contribution in [0.3, 0.4) is 0 Å². The van der Waals surface area contributed by atoms with Gasteiger partial charge in [-0.2, -0.15) is 18.8 Å². The van der Waals surface area contributed by atoms with Crippen molar-refractivity contribution in [3.63, 3.8) is 0 Å². The van der Waals surface area contributed by atoms with E-state index in [2.05, 4.69) is 25.9 Å². The van der Waals surface area contributed by atoms with Crippen molar-refractivity contribution in [1.82, 2.24) is 24.1 Å². The molecule has 0 fully saturated rings. The van der Waals surface area contributed by atoms with Crippen molar-refractivity contribution < 1.29 is 8.42 Å². The van der Waals surface area contributed by atoms with E-state index in [-0.39, 0.29) is 16.4 Å². The van der Waals surface area contributed by atoms with E-state index in [0.717, 1.165) is 22.9 Å². The maximum absolute atomic E-state index is 13.4. The first-order chi connectivity index (χ1) is 16.9. The van der Waals surface area contributed by atoms with Gasteiger partial charge in [0.2, 0.25) is 0 Å². The van der Waals surface area contributed by atoms with Gasteiger partial charge in [-0.1, -0.05) is 12.1 Å². The van der Waals surface area contributed by atoms with Crippen molar-refractivity contribution in [1.29, 1.82) is 10.7 Å². The first-order valence-electron chi connectivity index (χ1n) is 10.4. The molecule has 5 rings (SSSR count). The zero-order chi connectivity index (χ0) is 24.6. The van der Waals surface area contributed by atoms with Crippen LogP contribution in [0, 0.1) is 16.7 Å². The molecule has 4 heterocycles. The largest absolute Gasteiger partial charge is 0.306 e. The number of hydrogen-bond donors (Lipinski definition) is 2. The fourth-order valence-corrected chi connectivity index (χ4v) is 4.82. The molecule has 0 spiro atoms. The van der Waals surface area contributed by atoms with Crippen LogP contribution in [0.4, 0.5) is 5.69 Å². The highest BCUT2D eigenvalue weighted by Gasteiger charge is 2.22. The Morgan fingerprint density at radius 2 is 1.74 bits per heavy atom. The molecule has 0 amide bonds. The Morgan fingerprint density at radius 1 is 0.971 bits per heavy atom. The minimum Gasteiger partial charge on any atom is -0.306 e. The van der Waals surface area contributed by atoms with Crippen LogP contribution < -0.4 is 4.72 Å². The summed E-state index contributed by atoms with van der Waals surface area (Å²) in [6.45, 7) is 0. The van der Waals surface area contributed by atoms with E-state index in [0.29, 0.717) is 16.8 Å². The van der Waals surface area contributed by atoms with Gasteiger partial charge in [0.25, 0.3) is 10.0 Å². The van der Waals surface area contributed by atoms with Crippen molar-refractivity contribution in [2.75, 3.05) is 4.72 Å². The standard InChI is InChI=1S/C24H18N8O2S/c1-31-14-20(12-29-31)19-8-21(22(10-26)27-11-19)30-35(33,34)24-13-28-23-7-6-18(15-32(23)24)17-4-2-16(9-25)3-5-17/h2-8,10-15,26,30H,1H3. The lowest BCUT2D eigenvalue weighted by atomic mass is 10.1. The smallest absolute Gasteiger partial charge is 0.279 e. The van der Waals surface area contributed by atoms with Crippen LogP contribution >= 0.6 is 0 Å². The van der Waals surface area contributed by atoms with Crippen LogP contribution in [0.25, 0.3) is 27.9 Å². The summed E-state index contributed by atoms with van der Waals surface area (Å²) in [7, 11) is -2.31. The maximum Gasteiger partial charge on any atom is 0.279 e. The normalized spacial score (nSPS) is 11.3. The zero-order valence-electron chi connectivity index (χ0n) is 18.4. The summed E-state index contributed by atoms with van der Waals surface area (Å²) in [6, 6.07) is 14.3. The molecule has 0 atom stereocenters. The number of rotatable bonds is 6. The number of benzene rings is 1. The first-order valence-corrected chi connectivity index (χ1v) is 11.9. The topological polar surface area (TPSA) is 142 Å². The van der Waals surface area contributed by atoms with Crippen molar-refractivity contribution >= 4 is 27.6 Å². The van der Waals surface area contributed by atoms with Crippen molar-refractivity contribution in [3.8, 4) is 28.3 Å². The first kappa shape index (κ1) is 22.0. The van der Waals surface area contributed by atoms with E-state index < -0.39 is 10.0 Å². The van der Waals surface area contributed by atoms with E-state index in [4.69, 9.17) is 10.7 Å². The zero-order valence-corrected chi connectivity index (χ0v) is 19.2. The average molecular weight is 483 g/mol. The van der Waals surface area contributed by atoms with Gasteiger partial charge in [0.1, 0.15) is 11.3 Å². The molecule has 0 aliphatic rings. The summed E-state index contributed by atoms with van der Waals surface area (Å²) in [5.41, 5.74) is 4.34. The number of nitriles is 1. The van der Waals surface area contributed by atoms with E-state index in [1.165, 1.54) is 10.6 Å². The maximum atomic E-state index is 13.4. The fraction of sp³-hybridized carbons (Fsp3) is 0.0417. The van der Waals surface area contributed by atoms with Crippen LogP contribution in [-0.2, 0) is 17.1 Å². The fourth-order valence-electron chi connectivity index (χ4n) is 3.66. The summed E-state index contributed by atoms with van der Waals surface area (Å²) in [4.78, 5) is 8.45. The number of imidazole rings is 1. The molecule has 0 aliphatic heterocycles. The molecule has 0 saturated heterocycles. The molecule has 172 valence electrons. The summed E-state index contributed by atoms with van der Waals surface area (Å²) in [6.07, 6.45) is 8.95. The Balaban J connectivity index is 1.54. The molecule has 0 bridgehead atoms. The number of pyridine rings is 2. The lowest BCUT2D eigenvalue weighted by Gasteiger charge is -2.11. The number of sulfonamides is 1. The Morgan fingerprint density at radius 3 is 2.43 bits per heavy atom. The predicted molar refractivity (Wildman–Crippen MR) is 130 cm³/mol. The van der Waals surface area contributed by atoms with E-state index in [1.807, 2.05) is 6.07 Å². The number of anilines is 1. The van der Waals surface area contributed by atoms with E-state index >= 15 is 0 Å². The van der Waals surface area contributed by atoms with Crippen LogP contribution in [0.15, 0.2) is 78.5 Å². The quantitative estimate of drug-likeness (QED) is 0.355. The average Bonchev–Trinajstić information content (AvgIpc) is 3.50. The molecule has 10 nitrogen and oxygen atoms in total. The SMILES string of the molecule is Cn1cc(-c2cnc(C=N)c(NS(=O)(=O)c3cnc4ccc(-c5ccc(C#N)cc5)cn34)c2)cn1. The van der Waals surface area contributed by atoms with Crippen LogP contribution in [-0.4, -0.2) is 38.8 Å². The number of nitrogens with zero attached hydrogens (tertiary/aromatic N) is 6. The van der Waals surface area contributed by atoms with Gasteiger partial charge in [-0.25, -0.2) is 4.98 Å². The summed E-state index contributed by atoms with van der Waals surface area (Å²) >= 11 is 0. The third kappa shape index (κ3) is 4.14. The number of aryl methyl sites for hydroxylation is 1. The Hall–Kier alpha value is -4.82. The van der Waals surface area contributed by atoms with Crippen molar-refractivity contribution in [2.24, 2.45) is 7.05 Å². The molecule has 0 radical (unpaired) electrons.